The largest absolute Gasteiger partial charge is 0.391 e. The summed E-state index contributed by atoms with van der Waals surface area (Å²) in [5.41, 5.74) is 1.26. The van der Waals surface area contributed by atoms with Crippen LogP contribution in [0.15, 0.2) is 11.6 Å². The number of amides is 1. The van der Waals surface area contributed by atoms with E-state index in [1.165, 1.54) is 18.4 Å². The predicted octanol–water partition coefficient (Wildman–Crippen LogP) is 2.79. The first-order valence-electron chi connectivity index (χ1n) is 7.30. The van der Waals surface area contributed by atoms with Gasteiger partial charge in [-0.05, 0) is 31.6 Å². The zero-order chi connectivity index (χ0) is 13.4. The molecule has 1 unspecified atom stereocenters. The number of carbonyl (C=O) groups excluding carboxylic acids is 1. The fourth-order valence-electron chi connectivity index (χ4n) is 2.55. The molecule has 0 heterocycles. The van der Waals surface area contributed by atoms with Crippen molar-refractivity contribution in [1.29, 1.82) is 0 Å². The van der Waals surface area contributed by atoms with Gasteiger partial charge in [0, 0.05) is 13.0 Å². The van der Waals surface area contributed by atoms with E-state index in [2.05, 4.69) is 25.2 Å². The number of nitrogens with one attached hydrogen (secondary N) is 1. The van der Waals surface area contributed by atoms with Crippen LogP contribution in [0.2, 0.25) is 0 Å². The van der Waals surface area contributed by atoms with E-state index in [9.17, 15) is 9.90 Å². The van der Waals surface area contributed by atoms with Gasteiger partial charge < -0.3 is 10.4 Å². The van der Waals surface area contributed by atoms with Gasteiger partial charge in [0.25, 0.3) is 0 Å². The summed E-state index contributed by atoms with van der Waals surface area (Å²) >= 11 is 0. The van der Waals surface area contributed by atoms with E-state index in [1.807, 2.05) is 0 Å². The van der Waals surface area contributed by atoms with E-state index in [0.717, 1.165) is 25.7 Å². The fourth-order valence-corrected chi connectivity index (χ4v) is 2.55. The monoisotopic (exact) mass is 253 g/mol. The highest BCUT2D eigenvalue weighted by atomic mass is 16.3. The van der Waals surface area contributed by atoms with Crippen LogP contribution >= 0.6 is 0 Å². The average molecular weight is 253 g/mol. The second-order valence-corrected chi connectivity index (χ2v) is 5.23. The third-order valence-electron chi connectivity index (χ3n) is 3.87. The van der Waals surface area contributed by atoms with Crippen molar-refractivity contribution in [1.82, 2.24) is 5.32 Å². The number of rotatable bonds is 7. The van der Waals surface area contributed by atoms with Gasteiger partial charge >= 0.3 is 0 Å². The van der Waals surface area contributed by atoms with Crippen LogP contribution < -0.4 is 5.32 Å². The standard InChI is InChI=1S/C15H27NO2/c1-3-13(4-2)14(17)11-16-15(18)10-12-8-6-5-7-9-12/h8,13-14,17H,3-7,9-11H2,1-2H3,(H,16,18). The van der Waals surface area contributed by atoms with E-state index >= 15 is 0 Å². The van der Waals surface area contributed by atoms with Gasteiger partial charge in [0.15, 0.2) is 0 Å². The van der Waals surface area contributed by atoms with Crippen LogP contribution in [0, 0.1) is 5.92 Å². The smallest absolute Gasteiger partial charge is 0.224 e. The molecule has 0 aliphatic heterocycles. The van der Waals surface area contributed by atoms with Crippen molar-refractivity contribution < 1.29 is 9.90 Å². The Morgan fingerprint density at radius 1 is 1.39 bits per heavy atom. The number of hydrogen-bond donors (Lipinski definition) is 2. The van der Waals surface area contributed by atoms with Gasteiger partial charge in [0.2, 0.25) is 5.91 Å². The van der Waals surface area contributed by atoms with E-state index in [0.29, 0.717) is 18.9 Å². The van der Waals surface area contributed by atoms with Crippen LogP contribution in [0.25, 0.3) is 0 Å². The van der Waals surface area contributed by atoms with Crippen LogP contribution in [0.4, 0.5) is 0 Å². The minimum Gasteiger partial charge on any atom is -0.391 e. The van der Waals surface area contributed by atoms with Gasteiger partial charge in [-0.3, -0.25) is 4.79 Å². The molecule has 1 aliphatic rings. The molecule has 0 aromatic carbocycles. The summed E-state index contributed by atoms with van der Waals surface area (Å²) < 4.78 is 0. The van der Waals surface area contributed by atoms with Crippen molar-refractivity contribution in [2.45, 2.75) is 64.9 Å². The molecule has 1 rings (SSSR count). The lowest BCUT2D eigenvalue weighted by molar-refractivity contribution is -0.121. The Morgan fingerprint density at radius 2 is 2.11 bits per heavy atom. The summed E-state index contributed by atoms with van der Waals surface area (Å²) in [7, 11) is 0. The third-order valence-corrected chi connectivity index (χ3v) is 3.87. The topological polar surface area (TPSA) is 49.3 Å². The molecule has 1 amide bonds. The fraction of sp³-hybridized carbons (Fsp3) is 0.800. The first kappa shape index (κ1) is 15.2. The predicted molar refractivity (Wildman–Crippen MR) is 74.3 cm³/mol. The van der Waals surface area contributed by atoms with Gasteiger partial charge in [-0.2, -0.15) is 0 Å². The Labute approximate surface area is 111 Å². The second-order valence-electron chi connectivity index (χ2n) is 5.23. The van der Waals surface area contributed by atoms with Gasteiger partial charge in [0.05, 0.1) is 6.10 Å². The molecule has 1 aliphatic carbocycles. The van der Waals surface area contributed by atoms with E-state index in [-0.39, 0.29) is 5.91 Å². The number of aliphatic hydroxyl groups is 1. The normalized spacial score (nSPS) is 17.4. The zero-order valence-corrected chi connectivity index (χ0v) is 11.7. The molecule has 0 bridgehead atoms. The summed E-state index contributed by atoms with van der Waals surface area (Å²) in [5.74, 6) is 0.340. The maximum absolute atomic E-state index is 11.8. The molecule has 0 spiro atoms. The van der Waals surface area contributed by atoms with Crippen LogP contribution in [-0.4, -0.2) is 23.7 Å². The zero-order valence-electron chi connectivity index (χ0n) is 11.7. The second kappa shape index (κ2) is 8.30. The lowest BCUT2D eigenvalue weighted by Crippen LogP contribution is -2.36. The molecule has 0 aromatic heterocycles. The van der Waals surface area contributed by atoms with Crippen LogP contribution in [0.3, 0.4) is 0 Å². The third kappa shape index (κ3) is 5.21. The van der Waals surface area contributed by atoms with Crippen LogP contribution in [-0.2, 0) is 4.79 Å². The molecule has 0 fully saturated rings. The van der Waals surface area contributed by atoms with Crippen molar-refractivity contribution in [3.63, 3.8) is 0 Å². The molecule has 3 heteroatoms. The number of hydrogen-bond acceptors (Lipinski definition) is 2. The minimum absolute atomic E-state index is 0.0492. The summed E-state index contributed by atoms with van der Waals surface area (Å²) in [5, 5.41) is 12.8. The molecule has 0 aromatic rings. The molecule has 2 N–H and O–H groups in total. The van der Waals surface area contributed by atoms with Gasteiger partial charge in [-0.1, -0.05) is 38.3 Å². The highest BCUT2D eigenvalue weighted by molar-refractivity contribution is 5.78. The number of carbonyl (C=O) groups is 1. The Kier molecular flexibility index (Phi) is 7.02. The molecule has 1 atom stereocenters. The van der Waals surface area contributed by atoms with E-state index in [1.54, 1.807) is 0 Å². The van der Waals surface area contributed by atoms with Crippen molar-refractivity contribution in [3.8, 4) is 0 Å². The van der Waals surface area contributed by atoms with Crippen molar-refractivity contribution >= 4 is 5.91 Å². The lowest BCUT2D eigenvalue weighted by Gasteiger charge is -2.20. The summed E-state index contributed by atoms with van der Waals surface area (Å²) in [6.07, 6.45) is 8.83. The highest BCUT2D eigenvalue weighted by Gasteiger charge is 2.16. The minimum atomic E-state index is -0.413. The molecule has 104 valence electrons. The SMILES string of the molecule is CCC(CC)C(O)CNC(=O)CC1=CCCCC1. The average Bonchev–Trinajstić information content (AvgIpc) is 2.39. The highest BCUT2D eigenvalue weighted by Crippen LogP contribution is 2.19. The molecule has 0 saturated carbocycles. The van der Waals surface area contributed by atoms with E-state index in [4.69, 9.17) is 0 Å². The Morgan fingerprint density at radius 3 is 2.67 bits per heavy atom. The Balaban J connectivity index is 2.25. The van der Waals surface area contributed by atoms with Gasteiger partial charge in [-0.25, -0.2) is 0 Å². The number of allylic oxidation sites excluding steroid dienone is 1. The number of aliphatic hydroxyl groups excluding tert-OH is 1. The summed E-state index contributed by atoms with van der Waals surface area (Å²) in [6, 6.07) is 0. The van der Waals surface area contributed by atoms with Crippen LogP contribution in [0.1, 0.15) is 58.8 Å². The van der Waals surface area contributed by atoms with Gasteiger partial charge in [0.1, 0.15) is 0 Å². The maximum atomic E-state index is 11.8. The van der Waals surface area contributed by atoms with Gasteiger partial charge in [-0.15, -0.1) is 0 Å². The van der Waals surface area contributed by atoms with Crippen molar-refractivity contribution in [2.75, 3.05) is 6.54 Å². The Bertz CT molecular complexity index is 282. The van der Waals surface area contributed by atoms with Crippen molar-refractivity contribution in [2.24, 2.45) is 5.92 Å². The molecular weight excluding hydrogens is 226 g/mol. The lowest BCUT2D eigenvalue weighted by atomic mass is 9.96. The van der Waals surface area contributed by atoms with E-state index < -0.39 is 6.10 Å². The molecule has 0 radical (unpaired) electrons. The Hall–Kier alpha value is -0.830. The van der Waals surface area contributed by atoms with Crippen LogP contribution in [0.5, 0.6) is 0 Å². The first-order valence-corrected chi connectivity index (χ1v) is 7.30. The molecular formula is C15H27NO2. The van der Waals surface area contributed by atoms with Crippen molar-refractivity contribution in [3.05, 3.63) is 11.6 Å². The maximum Gasteiger partial charge on any atom is 0.224 e. The first-order chi connectivity index (χ1) is 8.67. The molecule has 3 nitrogen and oxygen atoms in total. The quantitative estimate of drug-likeness (QED) is 0.685. The summed E-state index contributed by atoms with van der Waals surface area (Å²) in [6.45, 7) is 4.54. The molecule has 18 heavy (non-hydrogen) atoms. The molecule has 0 saturated heterocycles. The summed E-state index contributed by atoms with van der Waals surface area (Å²) in [4.78, 5) is 11.8.